The lowest BCUT2D eigenvalue weighted by molar-refractivity contribution is 0.0945. The van der Waals surface area contributed by atoms with E-state index in [1.54, 1.807) is 17.1 Å². The number of amides is 1. The molecule has 3 aromatic rings. The van der Waals surface area contributed by atoms with E-state index in [1.165, 1.54) is 11.1 Å². The van der Waals surface area contributed by atoms with Gasteiger partial charge in [-0.3, -0.25) is 14.5 Å². The monoisotopic (exact) mass is 320 g/mol. The first-order chi connectivity index (χ1) is 11.5. The second-order valence-electron chi connectivity index (χ2n) is 5.89. The quantitative estimate of drug-likeness (QED) is 0.804. The minimum atomic E-state index is -0.182. The summed E-state index contributed by atoms with van der Waals surface area (Å²) in [7, 11) is 1.86. The van der Waals surface area contributed by atoms with Gasteiger partial charge in [0.25, 0.3) is 5.91 Å². The van der Waals surface area contributed by atoms with Crippen molar-refractivity contribution in [3.05, 3.63) is 71.2 Å². The number of pyridine rings is 1. The highest BCUT2D eigenvalue weighted by molar-refractivity contribution is 5.93. The molecule has 0 aliphatic rings. The first-order valence-corrected chi connectivity index (χ1v) is 7.83. The van der Waals surface area contributed by atoms with Crippen molar-refractivity contribution in [3.63, 3.8) is 0 Å². The number of nitrogens with one attached hydrogen (secondary N) is 1. The second kappa shape index (κ2) is 6.66. The third-order valence-electron chi connectivity index (χ3n) is 3.97. The van der Waals surface area contributed by atoms with Crippen molar-refractivity contribution in [1.29, 1.82) is 0 Å². The molecule has 0 fully saturated rings. The van der Waals surface area contributed by atoms with E-state index in [2.05, 4.69) is 47.4 Å². The lowest BCUT2D eigenvalue weighted by Crippen LogP contribution is -2.23. The average molecular weight is 320 g/mol. The van der Waals surface area contributed by atoms with Gasteiger partial charge < -0.3 is 5.32 Å². The van der Waals surface area contributed by atoms with Gasteiger partial charge in [-0.1, -0.05) is 23.8 Å². The summed E-state index contributed by atoms with van der Waals surface area (Å²) in [6.07, 6.45) is 3.42. The molecule has 0 aliphatic carbocycles. The smallest absolute Gasteiger partial charge is 0.272 e. The van der Waals surface area contributed by atoms with Gasteiger partial charge in [-0.05, 0) is 43.2 Å². The van der Waals surface area contributed by atoms with E-state index in [0.29, 0.717) is 12.2 Å². The topological polar surface area (TPSA) is 59.8 Å². The molecule has 0 unspecified atom stereocenters. The minimum absolute atomic E-state index is 0.182. The third-order valence-corrected chi connectivity index (χ3v) is 3.97. The van der Waals surface area contributed by atoms with Crippen LogP contribution in [0.5, 0.6) is 0 Å². The van der Waals surface area contributed by atoms with Crippen LogP contribution in [0.2, 0.25) is 0 Å². The summed E-state index contributed by atoms with van der Waals surface area (Å²) in [6.45, 7) is 4.59. The van der Waals surface area contributed by atoms with Crippen LogP contribution in [0.25, 0.3) is 11.3 Å². The van der Waals surface area contributed by atoms with E-state index < -0.39 is 0 Å². The predicted molar refractivity (Wildman–Crippen MR) is 93.5 cm³/mol. The number of nitrogens with zero attached hydrogens (tertiary/aromatic N) is 3. The largest absolute Gasteiger partial charge is 0.347 e. The highest BCUT2D eigenvalue weighted by atomic mass is 16.1. The van der Waals surface area contributed by atoms with E-state index in [-0.39, 0.29) is 5.91 Å². The number of hydrogen-bond acceptors (Lipinski definition) is 3. The number of aryl methyl sites for hydroxylation is 3. The Labute approximate surface area is 141 Å². The van der Waals surface area contributed by atoms with E-state index >= 15 is 0 Å². The van der Waals surface area contributed by atoms with Crippen molar-refractivity contribution in [2.24, 2.45) is 7.05 Å². The second-order valence-corrected chi connectivity index (χ2v) is 5.89. The maximum Gasteiger partial charge on any atom is 0.272 e. The lowest BCUT2D eigenvalue weighted by Gasteiger charge is -2.06. The molecule has 0 saturated heterocycles. The highest BCUT2D eigenvalue weighted by Gasteiger charge is 2.15. The Hall–Kier alpha value is -2.95. The molecule has 5 nitrogen and oxygen atoms in total. The first-order valence-electron chi connectivity index (χ1n) is 7.83. The predicted octanol–water partition coefficient (Wildman–Crippen LogP) is 3.03. The molecular weight excluding hydrogens is 300 g/mol. The summed E-state index contributed by atoms with van der Waals surface area (Å²) in [5.74, 6) is -0.182. The fourth-order valence-electron chi connectivity index (χ4n) is 2.70. The van der Waals surface area contributed by atoms with Gasteiger partial charge in [0.2, 0.25) is 0 Å². The number of rotatable bonds is 4. The molecule has 1 N–H and O–H groups in total. The Kier molecular flexibility index (Phi) is 4.42. The zero-order chi connectivity index (χ0) is 17.1. The summed E-state index contributed by atoms with van der Waals surface area (Å²) in [5.41, 5.74) is 5.83. The van der Waals surface area contributed by atoms with E-state index in [9.17, 15) is 4.79 Å². The summed E-state index contributed by atoms with van der Waals surface area (Å²) in [5, 5.41) is 7.24. The number of aromatic nitrogens is 3. The average Bonchev–Trinajstić information content (AvgIpc) is 2.95. The van der Waals surface area contributed by atoms with Crippen molar-refractivity contribution in [2.45, 2.75) is 20.4 Å². The number of benzene rings is 1. The molecular formula is C19H20N4O. The lowest BCUT2D eigenvalue weighted by atomic mass is 10.0. The third kappa shape index (κ3) is 3.35. The van der Waals surface area contributed by atoms with Gasteiger partial charge in [0, 0.05) is 31.5 Å². The normalized spacial score (nSPS) is 10.6. The molecule has 0 spiro atoms. The molecule has 5 heteroatoms. The summed E-state index contributed by atoms with van der Waals surface area (Å²) < 4.78 is 1.75. The molecule has 0 bridgehead atoms. The van der Waals surface area contributed by atoms with E-state index in [1.807, 2.05) is 25.2 Å². The molecule has 0 radical (unpaired) electrons. The molecule has 1 aromatic carbocycles. The molecule has 24 heavy (non-hydrogen) atoms. The van der Waals surface area contributed by atoms with Crippen LogP contribution in [0.1, 0.15) is 27.2 Å². The maximum absolute atomic E-state index is 12.4. The molecule has 2 aromatic heterocycles. The fraction of sp³-hybridized carbons (Fsp3) is 0.211. The molecule has 2 heterocycles. The van der Waals surface area contributed by atoms with Gasteiger partial charge in [0.05, 0.1) is 5.69 Å². The van der Waals surface area contributed by atoms with Crippen molar-refractivity contribution in [2.75, 3.05) is 0 Å². The van der Waals surface area contributed by atoms with Gasteiger partial charge in [-0.15, -0.1) is 0 Å². The highest BCUT2D eigenvalue weighted by Crippen LogP contribution is 2.24. The maximum atomic E-state index is 12.4. The van der Waals surface area contributed by atoms with Gasteiger partial charge in [-0.2, -0.15) is 5.10 Å². The number of hydrogen-bond donors (Lipinski definition) is 1. The number of carbonyl (C=O) groups excluding carboxylic acids is 1. The zero-order valence-corrected chi connectivity index (χ0v) is 14.1. The molecule has 3 rings (SSSR count). The van der Waals surface area contributed by atoms with Gasteiger partial charge in [-0.25, -0.2) is 0 Å². The van der Waals surface area contributed by atoms with Crippen molar-refractivity contribution < 1.29 is 4.79 Å². The molecule has 0 atom stereocenters. The fourth-order valence-corrected chi connectivity index (χ4v) is 2.70. The Morgan fingerprint density at radius 2 is 1.88 bits per heavy atom. The number of carbonyl (C=O) groups is 1. The van der Waals surface area contributed by atoms with Crippen molar-refractivity contribution in [3.8, 4) is 11.3 Å². The Morgan fingerprint density at radius 1 is 1.12 bits per heavy atom. The molecule has 1 amide bonds. The van der Waals surface area contributed by atoms with Gasteiger partial charge in [0.15, 0.2) is 5.69 Å². The van der Waals surface area contributed by atoms with Crippen LogP contribution in [-0.2, 0) is 13.6 Å². The molecule has 0 saturated carbocycles. The molecule has 0 aliphatic heterocycles. The van der Waals surface area contributed by atoms with Crippen molar-refractivity contribution in [1.82, 2.24) is 20.1 Å². The first kappa shape index (κ1) is 15.9. The zero-order valence-electron chi connectivity index (χ0n) is 14.1. The van der Waals surface area contributed by atoms with Crippen LogP contribution in [-0.4, -0.2) is 20.7 Å². The standard InChI is InChI=1S/C19H20N4O/c1-13-4-5-16(14(2)10-13)18-11-17(22-23(18)3)19(24)21-12-15-6-8-20-9-7-15/h4-11H,12H2,1-3H3,(H,21,24). The van der Waals surface area contributed by atoms with E-state index in [0.717, 1.165) is 16.8 Å². The van der Waals surface area contributed by atoms with Crippen LogP contribution in [0, 0.1) is 13.8 Å². The minimum Gasteiger partial charge on any atom is -0.347 e. The Balaban J connectivity index is 1.79. The van der Waals surface area contributed by atoms with Gasteiger partial charge in [0.1, 0.15) is 0 Å². The van der Waals surface area contributed by atoms with Crippen LogP contribution in [0.15, 0.2) is 48.8 Å². The van der Waals surface area contributed by atoms with Gasteiger partial charge >= 0.3 is 0 Å². The SMILES string of the molecule is Cc1ccc(-c2cc(C(=O)NCc3ccncc3)nn2C)c(C)c1. The summed E-state index contributed by atoms with van der Waals surface area (Å²) >= 11 is 0. The van der Waals surface area contributed by atoms with Crippen LogP contribution >= 0.6 is 0 Å². The Bertz CT molecular complexity index is 868. The molecule has 122 valence electrons. The summed E-state index contributed by atoms with van der Waals surface area (Å²) in [6, 6.07) is 11.9. The van der Waals surface area contributed by atoms with Crippen molar-refractivity contribution >= 4 is 5.91 Å². The van der Waals surface area contributed by atoms with Crippen LogP contribution in [0.3, 0.4) is 0 Å². The summed E-state index contributed by atoms with van der Waals surface area (Å²) in [4.78, 5) is 16.3. The van der Waals surface area contributed by atoms with Crippen LogP contribution < -0.4 is 5.32 Å². The van der Waals surface area contributed by atoms with E-state index in [4.69, 9.17) is 0 Å². The van der Waals surface area contributed by atoms with Crippen LogP contribution in [0.4, 0.5) is 0 Å². The Morgan fingerprint density at radius 3 is 2.58 bits per heavy atom.